The van der Waals surface area contributed by atoms with Gasteiger partial charge in [-0.3, -0.25) is 4.98 Å². The maximum absolute atomic E-state index is 12.9. The maximum Gasteiger partial charge on any atom is 0.123 e. The molecule has 3 heteroatoms. The second kappa shape index (κ2) is 4.39. The lowest BCUT2D eigenvalue weighted by Gasteiger charge is -2.04. The Bertz CT molecular complexity index is 707. The van der Waals surface area contributed by atoms with Crippen LogP contribution in [0.2, 0.25) is 5.02 Å². The summed E-state index contributed by atoms with van der Waals surface area (Å²) >= 11 is 5.96. The molecule has 3 rings (SSSR count). The summed E-state index contributed by atoms with van der Waals surface area (Å²) in [5.41, 5.74) is 2.78. The summed E-state index contributed by atoms with van der Waals surface area (Å²) in [6.07, 6.45) is 1.78. The molecule has 1 heterocycles. The van der Waals surface area contributed by atoms with Crippen LogP contribution in [0.25, 0.3) is 22.0 Å². The van der Waals surface area contributed by atoms with Crippen molar-refractivity contribution in [3.63, 3.8) is 0 Å². The quantitative estimate of drug-likeness (QED) is 0.616. The van der Waals surface area contributed by atoms with Crippen LogP contribution in [0.3, 0.4) is 0 Å². The minimum atomic E-state index is -0.240. The molecule has 1 aromatic heterocycles. The molecular formula is C15H9ClFN. The van der Waals surface area contributed by atoms with Crippen LogP contribution in [0, 0.1) is 5.82 Å². The molecule has 18 heavy (non-hydrogen) atoms. The van der Waals surface area contributed by atoms with Crippen molar-refractivity contribution in [2.75, 3.05) is 0 Å². The van der Waals surface area contributed by atoms with Gasteiger partial charge in [0.05, 0.1) is 5.52 Å². The summed E-state index contributed by atoms with van der Waals surface area (Å²) in [5, 5.41) is 1.66. The van der Waals surface area contributed by atoms with Gasteiger partial charge in [0.2, 0.25) is 0 Å². The van der Waals surface area contributed by atoms with Crippen molar-refractivity contribution in [3.8, 4) is 11.1 Å². The van der Waals surface area contributed by atoms with Gasteiger partial charge in [0.25, 0.3) is 0 Å². The molecule has 0 amide bonds. The largest absolute Gasteiger partial charge is 0.256 e. The Kier molecular flexibility index (Phi) is 2.73. The lowest BCUT2D eigenvalue weighted by atomic mass is 10.1. The van der Waals surface area contributed by atoms with E-state index in [9.17, 15) is 4.39 Å². The van der Waals surface area contributed by atoms with Crippen molar-refractivity contribution in [2.24, 2.45) is 0 Å². The van der Waals surface area contributed by atoms with Gasteiger partial charge >= 0.3 is 0 Å². The van der Waals surface area contributed by atoms with Gasteiger partial charge in [0.1, 0.15) is 5.82 Å². The Balaban J connectivity index is 2.15. The number of hydrogen-bond donors (Lipinski definition) is 0. The van der Waals surface area contributed by atoms with E-state index >= 15 is 0 Å². The van der Waals surface area contributed by atoms with E-state index in [0.717, 1.165) is 22.0 Å². The second-order valence-corrected chi connectivity index (χ2v) is 4.50. The van der Waals surface area contributed by atoms with Crippen LogP contribution in [0.5, 0.6) is 0 Å². The topological polar surface area (TPSA) is 12.9 Å². The standard InChI is InChI=1S/C15H9ClFN/c16-13-3-6-15-11(8-13)7-12(9-18-15)10-1-4-14(17)5-2-10/h1-9H. The van der Waals surface area contributed by atoms with Gasteiger partial charge in [-0.15, -0.1) is 0 Å². The average molecular weight is 258 g/mol. The van der Waals surface area contributed by atoms with Crippen molar-refractivity contribution in [3.05, 3.63) is 65.6 Å². The smallest absolute Gasteiger partial charge is 0.123 e. The van der Waals surface area contributed by atoms with Crippen LogP contribution in [0.4, 0.5) is 4.39 Å². The Hall–Kier alpha value is -1.93. The highest BCUT2D eigenvalue weighted by atomic mass is 35.5. The van der Waals surface area contributed by atoms with E-state index in [0.29, 0.717) is 5.02 Å². The number of pyridine rings is 1. The first kappa shape index (κ1) is 11.2. The number of halogens is 2. The first-order valence-corrected chi connectivity index (χ1v) is 5.91. The highest BCUT2D eigenvalue weighted by molar-refractivity contribution is 6.31. The highest BCUT2D eigenvalue weighted by Gasteiger charge is 2.02. The van der Waals surface area contributed by atoms with Gasteiger partial charge in [-0.2, -0.15) is 0 Å². The lowest BCUT2D eigenvalue weighted by Crippen LogP contribution is -1.83. The van der Waals surface area contributed by atoms with Crippen molar-refractivity contribution in [1.82, 2.24) is 4.98 Å². The van der Waals surface area contributed by atoms with E-state index in [1.165, 1.54) is 12.1 Å². The van der Waals surface area contributed by atoms with E-state index in [4.69, 9.17) is 11.6 Å². The Morgan fingerprint density at radius 1 is 0.889 bits per heavy atom. The van der Waals surface area contributed by atoms with E-state index in [1.54, 1.807) is 18.3 Å². The van der Waals surface area contributed by atoms with Crippen molar-refractivity contribution < 1.29 is 4.39 Å². The van der Waals surface area contributed by atoms with Gasteiger partial charge in [-0.25, -0.2) is 4.39 Å². The lowest BCUT2D eigenvalue weighted by molar-refractivity contribution is 0.628. The third-order valence-electron chi connectivity index (χ3n) is 2.82. The number of fused-ring (bicyclic) bond motifs is 1. The van der Waals surface area contributed by atoms with E-state index in [2.05, 4.69) is 4.98 Å². The molecule has 0 radical (unpaired) electrons. The minimum absolute atomic E-state index is 0.240. The van der Waals surface area contributed by atoms with Crippen molar-refractivity contribution >= 4 is 22.5 Å². The van der Waals surface area contributed by atoms with Crippen LogP contribution in [-0.2, 0) is 0 Å². The van der Waals surface area contributed by atoms with Crippen LogP contribution >= 0.6 is 11.6 Å². The number of benzene rings is 2. The maximum atomic E-state index is 12.9. The fraction of sp³-hybridized carbons (Fsp3) is 0. The number of aromatic nitrogens is 1. The zero-order valence-electron chi connectivity index (χ0n) is 9.40. The predicted octanol–water partition coefficient (Wildman–Crippen LogP) is 4.69. The molecule has 2 aromatic carbocycles. The minimum Gasteiger partial charge on any atom is -0.256 e. The molecule has 0 bridgehead atoms. The molecule has 0 unspecified atom stereocenters. The van der Waals surface area contributed by atoms with Gasteiger partial charge in [-0.05, 0) is 42.0 Å². The molecule has 0 saturated heterocycles. The Labute approximate surface area is 109 Å². The number of nitrogens with zero attached hydrogens (tertiary/aromatic N) is 1. The third-order valence-corrected chi connectivity index (χ3v) is 3.06. The summed E-state index contributed by atoms with van der Waals surface area (Å²) in [5.74, 6) is -0.240. The molecule has 88 valence electrons. The third kappa shape index (κ3) is 2.07. The molecule has 0 atom stereocenters. The molecule has 0 spiro atoms. The van der Waals surface area contributed by atoms with Gasteiger partial charge < -0.3 is 0 Å². The predicted molar refractivity (Wildman–Crippen MR) is 72.1 cm³/mol. The van der Waals surface area contributed by atoms with Gasteiger partial charge in [0, 0.05) is 22.2 Å². The normalized spacial score (nSPS) is 10.8. The fourth-order valence-corrected chi connectivity index (χ4v) is 2.08. The van der Waals surface area contributed by atoms with Gasteiger partial charge in [-0.1, -0.05) is 23.7 Å². The second-order valence-electron chi connectivity index (χ2n) is 4.07. The van der Waals surface area contributed by atoms with Crippen LogP contribution < -0.4 is 0 Å². The summed E-state index contributed by atoms with van der Waals surface area (Å²) in [4.78, 5) is 4.37. The summed E-state index contributed by atoms with van der Waals surface area (Å²) in [6, 6.07) is 13.9. The fourth-order valence-electron chi connectivity index (χ4n) is 1.90. The van der Waals surface area contributed by atoms with Gasteiger partial charge in [0.15, 0.2) is 0 Å². The number of rotatable bonds is 1. The molecule has 0 aliphatic heterocycles. The summed E-state index contributed by atoms with van der Waals surface area (Å²) < 4.78 is 12.9. The molecule has 0 saturated carbocycles. The number of hydrogen-bond acceptors (Lipinski definition) is 1. The van der Waals surface area contributed by atoms with E-state index < -0.39 is 0 Å². The van der Waals surface area contributed by atoms with Crippen LogP contribution in [0.15, 0.2) is 54.7 Å². The molecule has 0 aliphatic carbocycles. The SMILES string of the molecule is Fc1ccc(-c2cnc3ccc(Cl)cc3c2)cc1. The molecule has 1 nitrogen and oxygen atoms in total. The van der Waals surface area contributed by atoms with Crippen LogP contribution in [0.1, 0.15) is 0 Å². The summed E-state index contributed by atoms with van der Waals surface area (Å²) in [7, 11) is 0. The van der Waals surface area contributed by atoms with E-state index in [1.807, 2.05) is 24.3 Å². The first-order valence-electron chi connectivity index (χ1n) is 5.54. The van der Waals surface area contributed by atoms with E-state index in [-0.39, 0.29) is 5.82 Å². The molecule has 0 fully saturated rings. The monoisotopic (exact) mass is 257 g/mol. The average Bonchev–Trinajstić information content (AvgIpc) is 2.38. The van der Waals surface area contributed by atoms with Crippen molar-refractivity contribution in [1.29, 1.82) is 0 Å². The Morgan fingerprint density at radius 3 is 2.44 bits per heavy atom. The molecule has 3 aromatic rings. The summed E-state index contributed by atoms with van der Waals surface area (Å²) in [6.45, 7) is 0. The van der Waals surface area contributed by atoms with Crippen LogP contribution in [-0.4, -0.2) is 4.98 Å². The highest BCUT2D eigenvalue weighted by Crippen LogP contribution is 2.24. The van der Waals surface area contributed by atoms with Crippen molar-refractivity contribution in [2.45, 2.75) is 0 Å². The molecular weight excluding hydrogens is 249 g/mol. The molecule has 0 N–H and O–H groups in total. The zero-order chi connectivity index (χ0) is 12.5. The zero-order valence-corrected chi connectivity index (χ0v) is 10.2. The Morgan fingerprint density at radius 2 is 1.67 bits per heavy atom. The first-order chi connectivity index (χ1) is 8.72. The molecule has 0 aliphatic rings.